The van der Waals surface area contributed by atoms with Gasteiger partial charge in [-0.3, -0.25) is 14.9 Å². The van der Waals surface area contributed by atoms with Crippen LogP contribution in [0.25, 0.3) is 5.57 Å². The number of nitro benzene ring substituents is 1. The molecule has 34 heavy (non-hydrogen) atoms. The molecule has 0 aliphatic rings. The van der Waals surface area contributed by atoms with Gasteiger partial charge in [0.15, 0.2) is 5.78 Å². The molecule has 2 aromatic rings. The van der Waals surface area contributed by atoms with Crippen LogP contribution in [0.15, 0.2) is 23.9 Å². The number of benzene rings is 1. The molecular formula is C24H33N3O6S. The van der Waals surface area contributed by atoms with E-state index < -0.39 is 20.8 Å². The number of allylic oxidation sites excluding steroid dienone is 2. The SMILES string of the molecule is CCCCn1ncc(C(=O)c2ccc([N+](=O)[O-])c(C(C)=C(C)C)c2C)c1OS(=O)(=O)CC(C)C. The Morgan fingerprint density at radius 1 is 1.21 bits per heavy atom. The molecule has 186 valence electrons. The van der Waals surface area contributed by atoms with Crippen LogP contribution in [0.1, 0.15) is 81.4 Å². The first kappa shape index (κ1) is 27.2. The van der Waals surface area contributed by atoms with Crippen molar-refractivity contribution in [1.82, 2.24) is 9.78 Å². The number of nitro groups is 1. The molecule has 0 radical (unpaired) electrons. The van der Waals surface area contributed by atoms with Gasteiger partial charge < -0.3 is 4.18 Å². The second-order valence-electron chi connectivity index (χ2n) is 8.99. The van der Waals surface area contributed by atoms with Gasteiger partial charge in [0.25, 0.3) is 5.69 Å². The normalized spacial score (nSPS) is 11.5. The standard InChI is InChI=1S/C24H33N3O6S/c1-8-9-12-26-24(33-34(31,32)14-15(2)3)20(13-25-26)23(28)19-10-11-21(27(29)30)22(18(19)7)17(6)16(4)5/h10-11,13,15H,8-9,12,14H2,1-7H3. The summed E-state index contributed by atoms with van der Waals surface area (Å²) < 4.78 is 32.0. The molecule has 0 bridgehead atoms. The largest absolute Gasteiger partial charge is 0.361 e. The number of hydrogen-bond donors (Lipinski definition) is 0. The summed E-state index contributed by atoms with van der Waals surface area (Å²) in [4.78, 5) is 24.8. The maximum absolute atomic E-state index is 13.6. The number of unbranched alkanes of at least 4 members (excludes halogenated alkanes) is 1. The van der Waals surface area contributed by atoms with E-state index in [-0.39, 0.29) is 34.4 Å². The van der Waals surface area contributed by atoms with E-state index in [9.17, 15) is 23.3 Å². The first-order valence-electron chi connectivity index (χ1n) is 11.3. The first-order valence-corrected chi connectivity index (χ1v) is 12.8. The lowest BCUT2D eigenvalue weighted by Gasteiger charge is -2.15. The van der Waals surface area contributed by atoms with Crippen LogP contribution in [0.5, 0.6) is 5.88 Å². The minimum atomic E-state index is -3.96. The van der Waals surface area contributed by atoms with Crippen molar-refractivity contribution in [3.63, 3.8) is 0 Å². The molecule has 0 atom stereocenters. The molecule has 1 aromatic heterocycles. The molecular weight excluding hydrogens is 458 g/mol. The Morgan fingerprint density at radius 3 is 2.38 bits per heavy atom. The topological polar surface area (TPSA) is 121 Å². The molecule has 1 aromatic carbocycles. The summed E-state index contributed by atoms with van der Waals surface area (Å²) in [5.41, 5.74) is 2.53. The fourth-order valence-electron chi connectivity index (χ4n) is 3.61. The highest BCUT2D eigenvalue weighted by Gasteiger charge is 2.29. The quantitative estimate of drug-likeness (QED) is 0.181. The molecule has 0 unspecified atom stereocenters. The van der Waals surface area contributed by atoms with Crippen LogP contribution in [-0.4, -0.2) is 34.7 Å². The first-order chi connectivity index (χ1) is 15.8. The lowest BCUT2D eigenvalue weighted by atomic mass is 9.90. The van der Waals surface area contributed by atoms with Crippen LogP contribution in [0, 0.1) is 23.0 Å². The van der Waals surface area contributed by atoms with Gasteiger partial charge in [0.2, 0.25) is 5.88 Å². The number of carbonyl (C=O) groups is 1. The van der Waals surface area contributed by atoms with Crippen molar-refractivity contribution in [2.45, 2.75) is 67.9 Å². The van der Waals surface area contributed by atoms with Gasteiger partial charge in [-0.05, 0) is 57.2 Å². The predicted octanol–water partition coefficient (Wildman–Crippen LogP) is 5.31. The second-order valence-corrected chi connectivity index (χ2v) is 10.6. The van der Waals surface area contributed by atoms with Crippen LogP contribution in [0.3, 0.4) is 0 Å². The Kier molecular flexibility index (Phi) is 8.77. The number of aryl methyl sites for hydroxylation is 1. The van der Waals surface area contributed by atoms with Crippen LogP contribution < -0.4 is 4.18 Å². The van der Waals surface area contributed by atoms with Gasteiger partial charge in [-0.25, -0.2) is 4.68 Å². The maximum Gasteiger partial charge on any atom is 0.310 e. The molecule has 0 spiro atoms. The molecule has 0 aliphatic heterocycles. The van der Waals surface area contributed by atoms with E-state index in [2.05, 4.69) is 5.10 Å². The van der Waals surface area contributed by atoms with Crippen molar-refractivity contribution in [2.24, 2.45) is 5.92 Å². The molecule has 2 rings (SSSR count). The van der Waals surface area contributed by atoms with Gasteiger partial charge in [-0.1, -0.05) is 32.8 Å². The fourth-order valence-corrected chi connectivity index (χ4v) is 4.91. The molecule has 0 N–H and O–H groups in total. The van der Waals surface area contributed by atoms with E-state index >= 15 is 0 Å². The second kappa shape index (κ2) is 10.9. The summed E-state index contributed by atoms with van der Waals surface area (Å²) >= 11 is 0. The van der Waals surface area contributed by atoms with E-state index in [1.165, 1.54) is 23.0 Å². The van der Waals surface area contributed by atoms with Crippen molar-refractivity contribution in [1.29, 1.82) is 0 Å². The van der Waals surface area contributed by atoms with Gasteiger partial charge in [0.05, 0.1) is 22.4 Å². The minimum absolute atomic E-state index is 0.00110. The third-order valence-corrected chi connectivity index (χ3v) is 7.00. The van der Waals surface area contributed by atoms with Crippen molar-refractivity contribution in [3.05, 3.63) is 56.3 Å². The van der Waals surface area contributed by atoms with E-state index in [0.717, 1.165) is 18.4 Å². The van der Waals surface area contributed by atoms with E-state index in [0.29, 0.717) is 23.2 Å². The Morgan fingerprint density at radius 2 is 1.85 bits per heavy atom. The number of hydrogen-bond acceptors (Lipinski definition) is 7. The zero-order valence-corrected chi connectivity index (χ0v) is 21.7. The average molecular weight is 492 g/mol. The average Bonchev–Trinajstić information content (AvgIpc) is 3.11. The number of rotatable bonds is 11. The monoisotopic (exact) mass is 491 g/mol. The Hall–Kier alpha value is -3.01. The van der Waals surface area contributed by atoms with Crippen molar-refractivity contribution in [3.8, 4) is 5.88 Å². The van der Waals surface area contributed by atoms with Crippen LogP contribution in [0.2, 0.25) is 0 Å². The molecule has 9 nitrogen and oxygen atoms in total. The summed E-state index contributed by atoms with van der Waals surface area (Å²) in [7, 11) is -3.96. The Balaban J connectivity index is 2.68. The van der Waals surface area contributed by atoms with Gasteiger partial charge >= 0.3 is 10.1 Å². The van der Waals surface area contributed by atoms with Crippen LogP contribution in [-0.2, 0) is 16.7 Å². The van der Waals surface area contributed by atoms with E-state index in [4.69, 9.17) is 4.18 Å². The highest BCUT2D eigenvalue weighted by Crippen LogP contribution is 2.35. The summed E-state index contributed by atoms with van der Waals surface area (Å²) in [5.74, 6) is -1.01. The number of ketones is 1. The molecule has 0 saturated heterocycles. The van der Waals surface area contributed by atoms with Gasteiger partial charge in [-0.2, -0.15) is 13.5 Å². The lowest BCUT2D eigenvalue weighted by Crippen LogP contribution is -2.21. The number of nitrogens with zero attached hydrogens (tertiary/aromatic N) is 3. The highest BCUT2D eigenvalue weighted by molar-refractivity contribution is 7.87. The molecule has 0 amide bonds. The zero-order valence-electron chi connectivity index (χ0n) is 20.8. The smallest absolute Gasteiger partial charge is 0.310 e. The third-order valence-electron chi connectivity index (χ3n) is 5.51. The van der Waals surface area contributed by atoms with Crippen LogP contribution in [0.4, 0.5) is 5.69 Å². The zero-order chi connectivity index (χ0) is 25.8. The van der Waals surface area contributed by atoms with Crippen molar-refractivity contribution in [2.75, 3.05) is 5.75 Å². The Labute approximate surface area is 201 Å². The minimum Gasteiger partial charge on any atom is -0.361 e. The highest BCUT2D eigenvalue weighted by atomic mass is 32.2. The summed E-state index contributed by atoms with van der Waals surface area (Å²) in [6, 6.07) is 2.70. The molecule has 0 saturated carbocycles. The fraction of sp³-hybridized carbons (Fsp3) is 0.500. The maximum atomic E-state index is 13.6. The lowest BCUT2D eigenvalue weighted by molar-refractivity contribution is -0.385. The third kappa shape index (κ3) is 6.11. The molecule has 10 heteroatoms. The van der Waals surface area contributed by atoms with Gasteiger partial charge in [-0.15, -0.1) is 0 Å². The molecule has 0 aliphatic carbocycles. The molecule has 1 heterocycles. The summed E-state index contributed by atoms with van der Waals surface area (Å²) in [6.45, 7) is 13.0. The number of carbonyl (C=O) groups excluding carboxylic acids is 1. The summed E-state index contributed by atoms with van der Waals surface area (Å²) in [5, 5.41) is 15.9. The van der Waals surface area contributed by atoms with E-state index in [1.54, 1.807) is 27.7 Å². The van der Waals surface area contributed by atoms with E-state index in [1.807, 2.05) is 20.8 Å². The summed E-state index contributed by atoms with van der Waals surface area (Å²) in [6.07, 6.45) is 2.86. The Bertz CT molecular complexity index is 1220. The molecule has 0 fully saturated rings. The van der Waals surface area contributed by atoms with Crippen molar-refractivity contribution < 1.29 is 22.3 Å². The van der Waals surface area contributed by atoms with Crippen molar-refractivity contribution >= 4 is 27.2 Å². The number of aromatic nitrogens is 2. The van der Waals surface area contributed by atoms with Gasteiger partial charge in [0, 0.05) is 18.2 Å². The van der Waals surface area contributed by atoms with Gasteiger partial charge in [0.1, 0.15) is 5.56 Å². The van der Waals surface area contributed by atoms with Crippen LogP contribution >= 0.6 is 0 Å². The predicted molar refractivity (Wildman–Crippen MR) is 132 cm³/mol.